The van der Waals surface area contributed by atoms with Crippen LogP contribution in [0, 0.1) is 12.7 Å². The number of aryl methyl sites for hydroxylation is 1. The molecule has 1 N–H and O–H groups in total. The van der Waals surface area contributed by atoms with E-state index in [2.05, 4.69) is 26.3 Å². The van der Waals surface area contributed by atoms with Crippen LogP contribution in [0.1, 0.15) is 11.3 Å². The lowest BCUT2D eigenvalue weighted by atomic mass is 10.2. The van der Waals surface area contributed by atoms with Gasteiger partial charge in [0.15, 0.2) is 0 Å². The van der Waals surface area contributed by atoms with Crippen molar-refractivity contribution < 1.29 is 4.39 Å². The highest BCUT2D eigenvalue weighted by atomic mass is 79.9. The van der Waals surface area contributed by atoms with Crippen LogP contribution < -0.4 is 5.32 Å². The summed E-state index contributed by atoms with van der Waals surface area (Å²) in [5.74, 6) is -0.255. The van der Waals surface area contributed by atoms with E-state index in [4.69, 9.17) is 0 Å². The average molecular weight is 298 g/mol. The molecule has 0 amide bonds. The van der Waals surface area contributed by atoms with Crippen LogP contribution in [0.5, 0.6) is 0 Å². The summed E-state index contributed by atoms with van der Waals surface area (Å²) in [6.07, 6.45) is 1.79. The van der Waals surface area contributed by atoms with E-state index in [1.165, 1.54) is 6.07 Å². The zero-order valence-corrected chi connectivity index (χ0v) is 11.3. The van der Waals surface area contributed by atoms with Gasteiger partial charge in [-0.15, -0.1) is 0 Å². The van der Waals surface area contributed by atoms with Gasteiger partial charge in [0, 0.05) is 29.3 Å². The summed E-state index contributed by atoms with van der Waals surface area (Å²) in [5.41, 5.74) is 2.63. The van der Waals surface area contributed by atoms with Crippen LogP contribution in [0.2, 0.25) is 0 Å². The number of nitrogens with one attached hydrogen (secondary N) is 1. The molecule has 90 valence electrons. The molecule has 5 heteroatoms. The van der Waals surface area contributed by atoms with Crippen molar-refractivity contribution in [2.24, 2.45) is 7.05 Å². The molecule has 0 spiro atoms. The molecular formula is C12H13BrFN3. The van der Waals surface area contributed by atoms with E-state index in [-0.39, 0.29) is 5.82 Å². The van der Waals surface area contributed by atoms with Crippen molar-refractivity contribution in [3.8, 4) is 0 Å². The van der Waals surface area contributed by atoms with Gasteiger partial charge in [0.25, 0.3) is 0 Å². The van der Waals surface area contributed by atoms with E-state index in [0.717, 1.165) is 15.7 Å². The maximum absolute atomic E-state index is 13.5. The van der Waals surface area contributed by atoms with Crippen LogP contribution in [0.25, 0.3) is 0 Å². The fraction of sp³-hybridized carbons (Fsp3) is 0.250. The first-order valence-electron chi connectivity index (χ1n) is 5.24. The molecule has 1 heterocycles. The first kappa shape index (κ1) is 12.1. The maximum atomic E-state index is 13.5. The molecule has 1 aromatic carbocycles. The van der Waals surface area contributed by atoms with Crippen molar-refractivity contribution in [3.05, 3.63) is 45.9 Å². The van der Waals surface area contributed by atoms with Crippen LogP contribution in [0.3, 0.4) is 0 Å². The number of hydrogen-bond donors (Lipinski definition) is 1. The number of nitrogens with zero attached hydrogens (tertiary/aromatic N) is 2. The summed E-state index contributed by atoms with van der Waals surface area (Å²) in [6.45, 7) is 2.55. The van der Waals surface area contributed by atoms with E-state index in [1.807, 2.05) is 14.0 Å². The van der Waals surface area contributed by atoms with Crippen LogP contribution in [0.15, 0.2) is 28.9 Å². The van der Waals surface area contributed by atoms with Gasteiger partial charge in [0.05, 0.1) is 11.9 Å². The molecule has 0 saturated carbocycles. The Morgan fingerprint density at radius 2 is 2.24 bits per heavy atom. The molecule has 0 fully saturated rings. The van der Waals surface area contributed by atoms with Gasteiger partial charge in [-0.1, -0.05) is 15.9 Å². The zero-order chi connectivity index (χ0) is 12.4. The standard InChI is InChI=1S/C12H13BrFN3/c1-8-9(7-16-17(8)2)6-15-12-5-10(13)3-4-11(12)14/h3-5,7,15H,6H2,1-2H3. The summed E-state index contributed by atoms with van der Waals surface area (Å²) < 4.78 is 16.1. The van der Waals surface area contributed by atoms with E-state index in [9.17, 15) is 4.39 Å². The van der Waals surface area contributed by atoms with Crippen molar-refractivity contribution in [2.75, 3.05) is 5.32 Å². The number of hydrogen-bond acceptors (Lipinski definition) is 2. The van der Waals surface area contributed by atoms with E-state index in [1.54, 1.807) is 23.0 Å². The fourth-order valence-electron chi connectivity index (χ4n) is 1.54. The largest absolute Gasteiger partial charge is 0.378 e. The third-order valence-electron chi connectivity index (χ3n) is 2.73. The summed E-state index contributed by atoms with van der Waals surface area (Å²) in [7, 11) is 1.89. The Hall–Kier alpha value is -1.36. The van der Waals surface area contributed by atoms with Crippen molar-refractivity contribution in [1.82, 2.24) is 9.78 Å². The second kappa shape index (κ2) is 4.87. The molecule has 3 nitrogen and oxygen atoms in total. The second-order valence-electron chi connectivity index (χ2n) is 3.86. The second-order valence-corrected chi connectivity index (χ2v) is 4.77. The molecule has 0 atom stereocenters. The molecular weight excluding hydrogens is 285 g/mol. The monoisotopic (exact) mass is 297 g/mol. The number of benzene rings is 1. The minimum atomic E-state index is -0.255. The van der Waals surface area contributed by atoms with Crippen molar-refractivity contribution >= 4 is 21.6 Å². The third kappa shape index (κ3) is 2.66. The van der Waals surface area contributed by atoms with E-state index >= 15 is 0 Å². The van der Waals surface area contributed by atoms with E-state index in [0.29, 0.717) is 12.2 Å². The number of aromatic nitrogens is 2. The molecule has 0 radical (unpaired) electrons. The van der Waals surface area contributed by atoms with Gasteiger partial charge in [0.2, 0.25) is 0 Å². The molecule has 1 aromatic heterocycles. The summed E-state index contributed by atoms with van der Waals surface area (Å²) in [5, 5.41) is 7.21. The highest BCUT2D eigenvalue weighted by Gasteiger charge is 2.06. The summed E-state index contributed by atoms with van der Waals surface area (Å²) >= 11 is 3.32. The highest BCUT2D eigenvalue weighted by Crippen LogP contribution is 2.21. The Morgan fingerprint density at radius 3 is 2.88 bits per heavy atom. The molecule has 17 heavy (non-hydrogen) atoms. The van der Waals surface area contributed by atoms with E-state index < -0.39 is 0 Å². The van der Waals surface area contributed by atoms with Crippen molar-refractivity contribution in [3.63, 3.8) is 0 Å². The quantitative estimate of drug-likeness (QED) is 0.942. The molecule has 0 bridgehead atoms. The summed E-state index contributed by atoms with van der Waals surface area (Å²) in [6, 6.07) is 4.83. The van der Waals surface area contributed by atoms with Crippen LogP contribution in [-0.4, -0.2) is 9.78 Å². The van der Waals surface area contributed by atoms with Crippen LogP contribution in [0.4, 0.5) is 10.1 Å². The summed E-state index contributed by atoms with van der Waals surface area (Å²) in [4.78, 5) is 0. The van der Waals surface area contributed by atoms with Gasteiger partial charge in [0.1, 0.15) is 5.82 Å². The molecule has 2 aromatic rings. The molecule has 0 aliphatic heterocycles. The van der Waals surface area contributed by atoms with Crippen LogP contribution in [-0.2, 0) is 13.6 Å². The van der Waals surface area contributed by atoms with Gasteiger partial charge in [-0.3, -0.25) is 4.68 Å². The molecule has 0 unspecified atom stereocenters. The van der Waals surface area contributed by atoms with Crippen LogP contribution >= 0.6 is 15.9 Å². The van der Waals surface area contributed by atoms with Gasteiger partial charge >= 0.3 is 0 Å². The predicted molar refractivity (Wildman–Crippen MR) is 69.4 cm³/mol. The van der Waals surface area contributed by atoms with Gasteiger partial charge < -0.3 is 5.32 Å². The molecule has 0 aliphatic carbocycles. The minimum absolute atomic E-state index is 0.255. The lowest BCUT2D eigenvalue weighted by molar-refractivity contribution is 0.630. The first-order chi connectivity index (χ1) is 8.08. The Bertz CT molecular complexity index is 537. The third-order valence-corrected chi connectivity index (χ3v) is 3.23. The predicted octanol–water partition coefficient (Wildman–Crippen LogP) is 3.24. The van der Waals surface area contributed by atoms with Gasteiger partial charge in [-0.25, -0.2) is 4.39 Å². The van der Waals surface area contributed by atoms with Crippen molar-refractivity contribution in [1.29, 1.82) is 0 Å². The number of halogens is 2. The maximum Gasteiger partial charge on any atom is 0.146 e. The first-order valence-corrected chi connectivity index (χ1v) is 6.03. The van der Waals surface area contributed by atoms with Gasteiger partial charge in [-0.05, 0) is 25.1 Å². The Kier molecular flexibility index (Phi) is 3.47. The molecule has 0 saturated heterocycles. The highest BCUT2D eigenvalue weighted by molar-refractivity contribution is 9.10. The normalized spacial score (nSPS) is 10.6. The zero-order valence-electron chi connectivity index (χ0n) is 9.67. The SMILES string of the molecule is Cc1c(CNc2cc(Br)ccc2F)cnn1C. The Morgan fingerprint density at radius 1 is 1.47 bits per heavy atom. The number of anilines is 1. The lowest BCUT2D eigenvalue weighted by Crippen LogP contribution is -2.03. The minimum Gasteiger partial charge on any atom is -0.378 e. The fourth-order valence-corrected chi connectivity index (χ4v) is 1.90. The molecule has 2 rings (SSSR count). The van der Waals surface area contributed by atoms with Crippen molar-refractivity contribution in [2.45, 2.75) is 13.5 Å². The number of rotatable bonds is 3. The topological polar surface area (TPSA) is 29.9 Å². The molecule has 0 aliphatic rings. The van der Waals surface area contributed by atoms with Gasteiger partial charge in [-0.2, -0.15) is 5.10 Å². The Labute approximate surface area is 108 Å². The Balaban J connectivity index is 2.12. The smallest absolute Gasteiger partial charge is 0.146 e. The lowest BCUT2D eigenvalue weighted by Gasteiger charge is -2.07. The average Bonchev–Trinajstić information content (AvgIpc) is 2.62.